The van der Waals surface area contributed by atoms with Crippen LogP contribution in [0.5, 0.6) is 5.75 Å². The van der Waals surface area contributed by atoms with Crippen LogP contribution in [0.4, 0.5) is 10.1 Å². The molecule has 2 aliphatic rings. The number of amides is 2. The molecule has 2 aromatic carbocycles. The Kier molecular flexibility index (Phi) is 5.39. The average Bonchev–Trinajstić information content (AvgIpc) is 3.17. The van der Waals surface area contributed by atoms with Crippen LogP contribution >= 0.6 is 0 Å². The van der Waals surface area contributed by atoms with Gasteiger partial charge in [-0.25, -0.2) is 4.39 Å². The van der Waals surface area contributed by atoms with E-state index >= 15 is 0 Å². The van der Waals surface area contributed by atoms with Crippen molar-refractivity contribution in [2.24, 2.45) is 5.16 Å². The average molecular weight is 411 g/mol. The summed E-state index contributed by atoms with van der Waals surface area (Å²) in [5.41, 5.74) is 0.160. The van der Waals surface area contributed by atoms with E-state index in [1.165, 1.54) is 12.1 Å². The Labute approximate surface area is 173 Å². The van der Waals surface area contributed by atoms with Crippen LogP contribution in [0.3, 0.4) is 0 Å². The van der Waals surface area contributed by atoms with Gasteiger partial charge in [-0.2, -0.15) is 0 Å². The molecule has 2 amide bonds. The fraction of sp³-hybridized carbons (Fsp3) is 0.318. The third-order valence-electron chi connectivity index (χ3n) is 5.38. The van der Waals surface area contributed by atoms with Crippen LogP contribution in [0, 0.1) is 5.82 Å². The molecule has 30 heavy (non-hydrogen) atoms. The number of anilines is 1. The molecule has 0 bridgehead atoms. The topological polar surface area (TPSA) is 80.2 Å². The molecule has 156 valence electrons. The van der Waals surface area contributed by atoms with Gasteiger partial charge in [0, 0.05) is 18.7 Å². The standard InChI is InChI=1S/C22H22FN3O4/c1-29-16-9-7-15(8-10-16)24-20(27)19-13-22(30-25-19)11-4-12-26(14-22)21(28)17-5-2-3-6-18(17)23/h2-3,5-10H,4,11-14H2,1H3,(H,24,27)/t22-/m0/s1. The number of oxime groups is 1. The molecule has 1 fully saturated rings. The summed E-state index contributed by atoms with van der Waals surface area (Å²) in [4.78, 5) is 32.6. The van der Waals surface area contributed by atoms with Gasteiger partial charge in [-0.05, 0) is 49.2 Å². The molecule has 0 unspecified atom stereocenters. The van der Waals surface area contributed by atoms with E-state index < -0.39 is 11.4 Å². The summed E-state index contributed by atoms with van der Waals surface area (Å²) in [6, 6.07) is 12.9. The molecule has 0 aliphatic carbocycles. The Morgan fingerprint density at radius 1 is 1.20 bits per heavy atom. The molecule has 1 N–H and O–H groups in total. The molecule has 2 heterocycles. The number of benzene rings is 2. The number of carbonyl (C=O) groups is 2. The fourth-order valence-corrected chi connectivity index (χ4v) is 3.82. The van der Waals surface area contributed by atoms with Gasteiger partial charge in [0.25, 0.3) is 11.8 Å². The van der Waals surface area contributed by atoms with Crippen molar-refractivity contribution in [3.05, 3.63) is 59.9 Å². The molecule has 2 aromatic rings. The zero-order valence-electron chi connectivity index (χ0n) is 16.6. The van der Waals surface area contributed by atoms with Gasteiger partial charge in [0.2, 0.25) is 0 Å². The second-order valence-corrected chi connectivity index (χ2v) is 7.48. The molecule has 4 rings (SSSR count). The number of ether oxygens (including phenoxy) is 1. The predicted octanol–water partition coefficient (Wildman–Crippen LogP) is 3.22. The summed E-state index contributed by atoms with van der Waals surface area (Å²) in [6.07, 6.45) is 1.63. The van der Waals surface area contributed by atoms with E-state index in [-0.39, 0.29) is 36.1 Å². The lowest BCUT2D eigenvalue weighted by molar-refractivity contribution is -0.110. The number of carbonyl (C=O) groups excluding carboxylic acids is 2. The highest BCUT2D eigenvalue weighted by molar-refractivity contribution is 6.43. The number of hydrogen-bond acceptors (Lipinski definition) is 5. The molecule has 0 radical (unpaired) electrons. The Morgan fingerprint density at radius 3 is 2.70 bits per heavy atom. The SMILES string of the molecule is COc1ccc(NC(=O)C2=NO[C@@]3(CCCN(C(=O)c4ccccc4F)C3)C2)cc1. The van der Waals surface area contributed by atoms with Crippen molar-refractivity contribution in [3.63, 3.8) is 0 Å². The van der Waals surface area contributed by atoms with Crippen LogP contribution in [-0.2, 0) is 9.63 Å². The number of methoxy groups -OCH3 is 1. The third-order valence-corrected chi connectivity index (χ3v) is 5.38. The number of hydrogen-bond donors (Lipinski definition) is 1. The lowest BCUT2D eigenvalue weighted by Crippen LogP contribution is -2.51. The van der Waals surface area contributed by atoms with E-state index in [1.807, 2.05) is 0 Å². The molecule has 8 heteroatoms. The molecular weight excluding hydrogens is 389 g/mol. The maximum atomic E-state index is 14.0. The van der Waals surface area contributed by atoms with Crippen molar-refractivity contribution in [3.8, 4) is 5.75 Å². The normalized spacial score (nSPS) is 20.5. The van der Waals surface area contributed by atoms with Crippen molar-refractivity contribution in [2.75, 3.05) is 25.5 Å². The summed E-state index contributed by atoms with van der Waals surface area (Å²) in [7, 11) is 1.57. The highest BCUT2D eigenvalue weighted by Crippen LogP contribution is 2.34. The lowest BCUT2D eigenvalue weighted by atomic mass is 9.87. The smallest absolute Gasteiger partial charge is 0.273 e. The van der Waals surface area contributed by atoms with Gasteiger partial charge < -0.3 is 19.8 Å². The van der Waals surface area contributed by atoms with Crippen molar-refractivity contribution in [1.29, 1.82) is 0 Å². The van der Waals surface area contributed by atoms with Crippen LogP contribution < -0.4 is 10.1 Å². The summed E-state index contributed by atoms with van der Waals surface area (Å²) in [6.45, 7) is 0.759. The van der Waals surface area contributed by atoms with Crippen molar-refractivity contribution < 1.29 is 23.6 Å². The molecule has 2 aliphatic heterocycles. The van der Waals surface area contributed by atoms with Gasteiger partial charge >= 0.3 is 0 Å². The van der Waals surface area contributed by atoms with Gasteiger partial charge in [0.15, 0.2) is 5.60 Å². The number of nitrogens with one attached hydrogen (secondary N) is 1. The number of likely N-dealkylation sites (tertiary alicyclic amines) is 1. The van der Waals surface area contributed by atoms with Gasteiger partial charge in [0.1, 0.15) is 17.3 Å². The molecule has 7 nitrogen and oxygen atoms in total. The lowest BCUT2D eigenvalue weighted by Gasteiger charge is -2.38. The highest BCUT2D eigenvalue weighted by Gasteiger charge is 2.45. The van der Waals surface area contributed by atoms with Crippen molar-refractivity contribution in [2.45, 2.75) is 24.9 Å². The second kappa shape index (κ2) is 8.14. The molecule has 1 atom stereocenters. The van der Waals surface area contributed by atoms with Gasteiger partial charge in [-0.3, -0.25) is 9.59 Å². The minimum Gasteiger partial charge on any atom is -0.497 e. The van der Waals surface area contributed by atoms with Crippen molar-refractivity contribution >= 4 is 23.2 Å². The summed E-state index contributed by atoms with van der Waals surface area (Å²) in [5, 5.41) is 6.78. The maximum Gasteiger partial charge on any atom is 0.273 e. The van der Waals surface area contributed by atoms with E-state index in [0.29, 0.717) is 30.8 Å². The van der Waals surface area contributed by atoms with Crippen LogP contribution in [0.1, 0.15) is 29.6 Å². The van der Waals surface area contributed by atoms with E-state index in [0.717, 1.165) is 0 Å². The Bertz CT molecular complexity index is 992. The molecular formula is C22H22FN3O4. The summed E-state index contributed by atoms with van der Waals surface area (Å²) >= 11 is 0. The number of rotatable bonds is 4. The third kappa shape index (κ3) is 3.98. The predicted molar refractivity (Wildman–Crippen MR) is 109 cm³/mol. The first-order valence-corrected chi connectivity index (χ1v) is 9.74. The van der Waals surface area contributed by atoms with Gasteiger partial charge in [0.05, 0.1) is 19.2 Å². The minimum atomic E-state index is -0.758. The van der Waals surface area contributed by atoms with Gasteiger partial charge in [-0.1, -0.05) is 17.3 Å². The van der Waals surface area contributed by atoms with E-state index in [2.05, 4.69) is 10.5 Å². The Balaban J connectivity index is 1.40. The number of nitrogens with zero attached hydrogens (tertiary/aromatic N) is 2. The van der Waals surface area contributed by atoms with Crippen LogP contribution in [0.2, 0.25) is 0 Å². The summed E-state index contributed by atoms with van der Waals surface area (Å²) < 4.78 is 19.1. The molecule has 0 aromatic heterocycles. The first-order chi connectivity index (χ1) is 14.5. The monoisotopic (exact) mass is 411 g/mol. The second-order valence-electron chi connectivity index (χ2n) is 7.48. The highest BCUT2D eigenvalue weighted by atomic mass is 19.1. The number of halogens is 1. The largest absolute Gasteiger partial charge is 0.497 e. The maximum absolute atomic E-state index is 14.0. The quantitative estimate of drug-likeness (QED) is 0.838. The van der Waals surface area contributed by atoms with Crippen LogP contribution in [-0.4, -0.2) is 48.2 Å². The minimum absolute atomic E-state index is 0.0333. The number of piperidine rings is 1. The van der Waals surface area contributed by atoms with E-state index in [4.69, 9.17) is 9.57 Å². The zero-order chi connectivity index (χ0) is 21.1. The van der Waals surface area contributed by atoms with E-state index in [9.17, 15) is 14.0 Å². The first kappa shape index (κ1) is 19.9. The van der Waals surface area contributed by atoms with Crippen LogP contribution in [0.25, 0.3) is 0 Å². The van der Waals surface area contributed by atoms with Gasteiger partial charge in [-0.15, -0.1) is 0 Å². The molecule has 0 saturated carbocycles. The first-order valence-electron chi connectivity index (χ1n) is 9.74. The fourth-order valence-electron chi connectivity index (χ4n) is 3.82. The van der Waals surface area contributed by atoms with E-state index in [1.54, 1.807) is 48.4 Å². The Hall–Kier alpha value is -3.42. The summed E-state index contributed by atoms with van der Waals surface area (Å²) in [5.74, 6) is -0.595. The molecule has 1 spiro atoms. The molecule has 1 saturated heterocycles. The zero-order valence-corrected chi connectivity index (χ0v) is 16.6. The van der Waals surface area contributed by atoms with Crippen LogP contribution in [0.15, 0.2) is 53.7 Å². The van der Waals surface area contributed by atoms with Crippen molar-refractivity contribution in [1.82, 2.24) is 4.90 Å². The Morgan fingerprint density at radius 2 is 1.97 bits per heavy atom.